The van der Waals surface area contributed by atoms with E-state index in [-0.39, 0.29) is 6.09 Å². The maximum atomic E-state index is 12.0. The quantitative estimate of drug-likeness (QED) is 0.894. The summed E-state index contributed by atoms with van der Waals surface area (Å²) in [5.41, 5.74) is -0.459. The Morgan fingerprint density at radius 1 is 1.27 bits per heavy atom. The van der Waals surface area contributed by atoms with Crippen LogP contribution in [0.15, 0.2) is 0 Å². The lowest BCUT2D eigenvalue weighted by atomic mass is 10.2. The van der Waals surface area contributed by atoms with Crippen LogP contribution >= 0.6 is 0 Å². The van der Waals surface area contributed by atoms with E-state index in [1.54, 1.807) is 4.90 Å². The Morgan fingerprint density at radius 2 is 1.91 bits per heavy atom. The van der Waals surface area contributed by atoms with Crippen molar-refractivity contribution < 1.29 is 9.53 Å². The number of anilines is 1. The van der Waals surface area contributed by atoms with Crippen molar-refractivity contribution in [2.75, 3.05) is 45.2 Å². The first kappa shape index (κ1) is 16.5. The third kappa shape index (κ3) is 4.59. The number of nitrogens with zero attached hydrogens (tertiary/aromatic N) is 5. The lowest BCUT2D eigenvalue weighted by molar-refractivity contribution is 0.0240. The largest absolute Gasteiger partial charge is 0.444 e. The second-order valence-corrected chi connectivity index (χ2v) is 6.77. The summed E-state index contributed by atoms with van der Waals surface area (Å²) in [6, 6.07) is 0. The van der Waals surface area contributed by atoms with Crippen LogP contribution in [0.3, 0.4) is 0 Å². The van der Waals surface area contributed by atoms with Crippen LogP contribution in [0, 0.1) is 0 Å². The predicted octanol–water partition coefficient (Wildman–Crippen LogP) is 0.923. The van der Waals surface area contributed by atoms with Crippen molar-refractivity contribution >= 4 is 12.0 Å². The first-order valence-corrected chi connectivity index (χ1v) is 7.53. The first-order valence-electron chi connectivity index (χ1n) is 7.53. The van der Waals surface area contributed by atoms with Gasteiger partial charge in [0.25, 0.3) is 0 Å². The van der Waals surface area contributed by atoms with Crippen molar-refractivity contribution in [2.45, 2.75) is 32.9 Å². The summed E-state index contributed by atoms with van der Waals surface area (Å²) in [4.78, 5) is 22.4. The van der Waals surface area contributed by atoms with Gasteiger partial charge in [0.15, 0.2) is 0 Å². The lowest BCUT2D eigenvalue weighted by Gasteiger charge is -2.35. The van der Waals surface area contributed by atoms with Crippen LogP contribution in [0.4, 0.5) is 10.7 Å². The third-order valence-corrected chi connectivity index (χ3v) is 3.20. The molecule has 1 aromatic rings. The molecule has 2 heterocycles. The Bertz CT molecular complexity index is 500. The minimum absolute atomic E-state index is 0.254. The molecule has 1 aromatic heterocycles. The van der Waals surface area contributed by atoms with Gasteiger partial charge in [-0.3, -0.25) is 5.10 Å². The van der Waals surface area contributed by atoms with Gasteiger partial charge in [-0.2, -0.15) is 4.98 Å². The molecule has 22 heavy (non-hydrogen) atoms. The van der Waals surface area contributed by atoms with Crippen molar-refractivity contribution in [3.05, 3.63) is 5.82 Å². The van der Waals surface area contributed by atoms with Crippen LogP contribution < -0.4 is 4.90 Å². The monoisotopic (exact) mass is 310 g/mol. The number of amides is 1. The zero-order valence-corrected chi connectivity index (χ0v) is 14.1. The van der Waals surface area contributed by atoms with Crippen molar-refractivity contribution in [3.63, 3.8) is 0 Å². The van der Waals surface area contributed by atoms with E-state index in [1.807, 2.05) is 39.8 Å². The predicted molar refractivity (Wildman–Crippen MR) is 83.8 cm³/mol. The third-order valence-electron chi connectivity index (χ3n) is 3.20. The molecule has 0 aliphatic carbocycles. The highest BCUT2D eigenvalue weighted by Gasteiger charge is 2.27. The van der Waals surface area contributed by atoms with E-state index in [0.717, 1.165) is 12.4 Å². The number of nitrogens with one attached hydrogen (secondary N) is 1. The van der Waals surface area contributed by atoms with E-state index in [4.69, 9.17) is 4.74 Å². The number of H-pyrrole nitrogens is 1. The van der Waals surface area contributed by atoms with Gasteiger partial charge in [0.05, 0.1) is 6.54 Å². The highest BCUT2D eigenvalue weighted by atomic mass is 16.6. The van der Waals surface area contributed by atoms with E-state index in [0.29, 0.717) is 32.1 Å². The van der Waals surface area contributed by atoms with Gasteiger partial charge in [-0.25, -0.2) is 4.79 Å². The molecule has 0 unspecified atom stereocenters. The number of hydrogen-bond acceptors (Lipinski definition) is 6. The van der Waals surface area contributed by atoms with Crippen LogP contribution in [-0.4, -0.2) is 76.9 Å². The Morgan fingerprint density at radius 3 is 2.45 bits per heavy atom. The summed E-state index contributed by atoms with van der Waals surface area (Å²) in [5, 5.41) is 7.20. The second kappa shape index (κ2) is 6.51. The van der Waals surface area contributed by atoms with Crippen molar-refractivity contribution in [1.82, 2.24) is 25.0 Å². The zero-order valence-electron chi connectivity index (χ0n) is 14.1. The topological polar surface area (TPSA) is 77.6 Å². The minimum Gasteiger partial charge on any atom is -0.444 e. The Hall–Kier alpha value is -1.83. The number of piperazine rings is 1. The highest BCUT2D eigenvalue weighted by molar-refractivity contribution is 5.68. The molecule has 0 atom stereocenters. The van der Waals surface area contributed by atoms with E-state index in [1.165, 1.54) is 0 Å². The molecule has 1 fully saturated rings. The fraction of sp³-hybridized carbons (Fsp3) is 0.786. The number of hydrogen-bond donors (Lipinski definition) is 1. The van der Waals surface area contributed by atoms with Crippen molar-refractivity contribution in [1.29, 1.82) is 0 Å². The van der Waals surface area contributed by atoms with Crippen molar-refractivity contribution in [2.24, 2.45) is 0 Å². The summed E-state index contributed by atoms with van der Waals surface area (Å²) >= 11 is 0. The molecule has 8 nitrogen and oxygen atoms in total. The molecular weight excluding hydrogens is 284 g/mol. The molecule has 8 heteroatoms. The van der Waals surface area contributed by atoms with Crippen LogP contribution in [0.2, 0.25) is 0 Å². The number of aromatic amines is 1. The molecule has 0 spiro atoms. The van der Waals surface area contributed by atoms with Gasteiger partial charge < -0.3 is 19.4 Å². The molecule has 0 bridgehead atoms. The van der Waals surface area contributed by atoms with E-state index >= 15 is 0 Å². The summed E-state index contributed by atoms with van der Waals surface area (Å²) in [7, 11) is 3.98. The molecule has 0 radical (unpaired) electrons. The summed E-state index contributed by atoms with van der Waals surface area (Å²) < 4.78 is 5.39. The second-order valence-electron chi connectivity index (χ2n) is 6.77. The first-order chi connectivity index (χ1) is 10.2. The fourth-order valence-electron chi connectivity index (χ4n) is 2.21. The molecular formula is C14H26N6O2. The Kier molecular flexibility index (Phi) is 4.90. The maximum absolute atomic E-state index is 12.0. The number of rotatable bonds is 3. The van der Waals surface area contributed by atoms with Gasteiger partial charge in [-0.1, -0.05) is 0 Å². The molecule has 0 aromatic carbocycles. The maximum Gasteiger partial charge on any atom is 0.410 e. The number of ether oxygens (including phenoxy) is 1. The van der Waals surface area contributed by atoms with Gasteiger partial charge in [0.2, 0.25) is 5.95 Å². The van der Waals surface area contributed by atoms with E-state index < -0.39 is 5.60 Å². The zero-order chi connectivity index (χ0) is 16.3. The van der Waals surface area contributed by atoms with Crippen LogP contribution in [0.1, 0.15) is 26.6 Å². The van der Waals surface area contributed by atoms with Gasteiger partial charge in [-0.05, 0) is 34.9 Å². The van der Waals surface area contributed by atoms with Crippen molar-refractivity contribution in [3.8, 4) is 0 Å². The van der Waals surface area contributed by atoms with Gasteiger partial charge in [0, 0.05) is 26.2 Å². The SMILES string of the molecule is CN(C)Cc1nc(N2CCN(C(=O)OC(C)(C)C)CC2)n[nH]1. The molecule has 0 saturated carbocycles. The lowest BCUT2D eigenvalue weighted by Crippen LogP contribution is -2.50. The summed E-state index contributed by atoms with van der Waals surface area (Å²) in [5.74, 6) is 1.54. The molecule has 1 aliphatic heterocycles. The minimum atomic E-state index is -0.459. The average Bonchev–Trinajstić information content (AvgIpc) is 2.84. The van der Waals surface area contributed by atoms with Crippen LogP contribution in [-0.2, 0) is 11.3 Å². The molecule has 124 valence electrons. The molecule has 1 amide bonds. The number of aromatic nitrogens is 3. The summed E-state index contributed by atoms with van der Waals surface area (Å²) in [6.45, 7) is 9.00. The molecule has 1 aliphatic rings. The smallest absolute Gasteiger partial charge is 0.410 e. The average molecular weight is 310 g/mol. The number of carbonyl (C=O) groups is 1. The Balaban J connectivity index is 1.86. The number of carbonyl (C=O) groups excluding carboxylic acids is 1. The normalized spacial score (nSPS) is 16.3. The van der Waals surface area contributed by atoms with Gasteiger partial charge in [-0.15, -0.1) is 5.10 Å². The van der Waals surface area contributed by atoms with Crippen LogP contribution in [0.5, 0.6) is 0 Å². The highest BCUT2D eigenvalue weighted by Crippen LogP contribution is 2.14. The van der Waals surface area contributed by atoms with Gasteiger partial charge in [0.1, 0.15) is 11.4 Å². The van der Waals surface area contributed by atoms with E-state index in [9.17, 15) is 4.79 Å². The standard InChI is InChI=1S/C14H26N6O2/c1-14(2,3)22-13(21)20-8-6-19(7-9-20)12-15-11(16-17-12)10-18(4)5/h6-10H2,1-5H3,(H,15,16,17). The van der Waals surface area contributed by atoms with Gasteiger partial charge >= 0.3 is 6.09 Å². The molecule has 1 N–H and O–H groups in total. The van der Waals surface area contributed by atoms with Crippen LogP contribution in [0.25, 0.3) is 0 Å². The molecule has 2 rings (SSSR count). The fourth-order valence-corrected chi connectivity index (χ4v) is 2.21. The molecule has 1 saturated heterocycles. The van der Waals surface area contributed by atoms with E-state index in [2.05, 4.69) is 20.1 Å². The summed E-state index contributed by atoms with van der Waals surface area (Å²) in [6.07, 6.45) is -0.254. The Labute approximate surface area is 131 Å².